The third-order valence-corrected chi connectivity index (χ3v) is 8.10. The lowest BCUT2D eigenvalue weighted by Crippen LogP contribution is -2.52. The Hall–Kier alpha value is -1.70. The lowest BCUT2D eigenvalue weighted by atomic mass is 9.83. The van der Waals surface area contributed by atoms with Gasteiger partial charge in [-0.3, -0.25) is 4.79 Å². The Balaban J connectivity index is 1.58. The highest BCUT2D eigenvalue weighted by Gasteiger charge is 2.35. The lowest BCUT2D eigenvalue weighted by molar-refractivity contribution is 0.0313. The van der Waals surface area contributed by atoms with E-state index in [-0.39, 0.29) is 11.8 Å². The average molecular weight is 445 g/mol. The minimum absolute atomic E-state index is 0.0586. The predicted octanol–water partition coefficient (Wildman–Crippen LogP) is 4.41. The fraction of sp³-hybridized carbons (Fsp3) is 0.667. The molecule has 1 amide bonds. The Bertz CT molecular complexity index is 846. The van der Waals surface area contributed by atoms with Gasteiger partial charge < -0.3 is 19.1 Å². The Labute approximate surface area is 190 Å². The SMILES string of the molecule is COCCN(C[C@@H]1CCCN2CCCC[C@H]12)C(=O)c1nc(-n2cccc2)sc1C(C)C. The molecular formula is C24H36N4O2S. The molecule has 0 bridgehead atoms. The van der Waals surface area contributed by atoms with Gasteiger partial charge in [-0.25, -0.2) is 4.98 Å². The maximum absolute atomic E-state index is 13.8. The molecule has 31 heavy (non-hydrogen) atoms. The molecule has 0 unspecified atom stereocenters. The zero-order valence-electron chi connectivity index (χ0n) is 19.1. The van der Waals surface area contributed by atoms with Crippen LogP contribution in [0.25, 0.3) is 5.13 Å². The summed E-state index contributed by atoms with van der Waals surface area (Å²) in [6, 6.07) is 4.60. The second kappa shape index (κ2) is 10.3. The van der Waals surface area contributed by atoms with Crippen molar-refractivity contribution in [2.45, 2.75) is 57.9 Å². The van der Waals surface area contributed by atoms with E-state index in [0.717, 1.165) is 16.6 Å². The Morgan fingerprint density at radius 1 is 1.23 bits per heavy atom. The molecule has 0 N–H and O–H groups in total. The monoisotopic (exact) mass is 444 g/mol. The highest BCUT2D eigenvalue weighted by molar-refractivity contribution is 7.14. The third-order valence-electron chi connectivity index (χ3n) is 6.73. The summed E-state index contributed by atoms with van der Waals surface area (Å²) in [6.45, 7) is 8.70. The van der Waals surface area contributed by atoms with Crippen LogP contribution in [0.2, 0.25) is 0 Å². The number of nitrogens with zero attached hydrogens (tertiary/aromatic N) is 4. The first-order chi connectivity index (χ1) is 15.1. The van der Waals surface area contributed by atoms with Crippen LogP contribution in [0.1, 0.15) is 67.2 Å². The van der Waals surface area contributed by atoms with Crippen LogP contribution in [0.5, 0.6) is 0 Å². The molecule has 2 aliphatic rings. The van der Waals surface area contributed by atoms with Gasteiger partial charge in [-0.15, -0.1) is 11.3 Å². The minimum Gasteiger partial charge on any atom is -0.383 e. The first-order valence-electron chi connectivity index (χ1n) is 11.7. The van der Waals surface area contributed by atoms with Gasteiger partial charge >= 0.3 is 0 Å². The average Bonchev–Trinajstić information content (AvgIpc) is 3.46. The van der Waals surface area contributed by atoms with Crippen LogP contribution in [0.15, 0.2) is 24.5 Å². The molecule has 0 aliphatic carbocycles. The van der Waals surface area contributed by atoms with Crippen LogP contribution >= 0.6 is 11.3 Å². The number of rotatable bonds is 8. The lowest BCUT2D eigenvalue weighted by Gasteiger charge is -2.45. The van der Waals surface area contributed by atoms with Gasteiger partial charge in [0.2, 0.25) is 0 Å². The van der Waals surface area contributed by atoms with E-state index in [4.69, 9.17) is 9.72 Å². The van der Waals surface area contributed by atoms with Crippen LogP contribution in [-0.4, -0.2) is 71.2 Å². The fourth-order valence-corrected chi connectivity index (χ4v) is 6.16. The molecule has 0 radical (unpaired) electrons. The molecule has 170 valence electrons. The Morgan fingerprint density at radius 2 is 2.00 bits per heavy atom. The molecule has 2 aromatic heterocycles. The molecule has 7 heteroatoms. The zero-order chi connectivity index (χ0) is 21.8. The van der Waals surface area contributed by atoms with Crippen molar-refractivity contribution >= 4 is 17.2 Å². The molecular weight excluding hydrogens is 408 g/mol. The summed E-state index contributed by atoms with van der Waals surface area (Å²) < 4.78 is 7.36. The van der Waals surface area contributed by atoms with Gasteiger partial charge in [0, 0.05) is 43.5 Å². The van der Waals surface area contributed by atoms with Gasteiger partial charge in [0.05, 0.1) is 6.61 Å². The van der Waals surface area contributed by atoms with Crippen molar-refractivity contribution in [3.63, 3.8) is 0 Å². The van der Waals surface area contributed by atoms with Gasteiger partial charge in [-0.2, -0.15) is 0 Å². The van der Waals surface area contributed by atoms with Gasteiger partial charge in [0.25, 0.3) is 5.91 Å². The smallest absolute Gasteiger partial charge is 0.273 e. The van der Waals surface area contributed by atoms with Crippen molar-refractivity contribution < 1.29 is 9.53 Å². The fourth-order valence-electron chi connectivity index (χ4n) is 5.14. The Kier molecular flexibility index (Phi) is 7.46. The highest BCUT2D eigenvalue weighted by atomic mass is 32.1. The van der Waals surface area contributed by atoms with Crippen molar-refractivity contribution in [3.8, 4) is 5.13 Å². The quantitative estimate of drug-likeness (QED) is 0.605. The van der Waals surface area contributed by atoms with Crippen LogP contribution in [0.4, 0.5) is 0 Å². The summed E-state index contributed by atoms with van der Waals surface area (Å²) in [5, 5.41) is 0.861. The molecule has 2 aliphatic heterocycles. The van der Waals surface area contributed by atoms with Crippen LogP contribution < -0.4 is 0 Å². The van der Waals surface area contributed by atoms with Gasteiger partial charge in [-0.1, -0.05) is 20.3 Å². The van der Waals surface area contributed by atoms with Crippen molar-refractivity contribution in [3.05, 3.63) is 35.1 Å². The summed E-state index contributed by atoms with van der Waals surface area (Å²) in [5.74, 6) is 0.858. The second-order valence-electron chi connectivity index (χ2n) is 9.20. The topological polar surface area (TPSA) is 50.6 Å². The zero-order valence-corrected chi connectivity index (χ0v) is 19.9. The van der Waals surface area contributed by atoms with Crippen molar-refractivity contribution in [2.75, 3.05) is 39.9 Å². The number of amides is 1. The number of thiazole rings is 1. The molecule has 0 saturated carbocycles. The highest BCUT2D eigenvalue weighted by Crippen LogP contribution is 2.33. The summed E-state index contributed by atoms with van der Waals surface area (Å²) in [4.78, 5) is 24.4. The van der Waals surface area contributed by atoms with Crippen molar-refractivity contribution in [1.82, 2.24) is 19.4 Å². The molecule has 2 fully saturated rings. The number of methoxy groups -OCH3 is 1. The summed E-state index contributed by atoms with van der Waals surface area (Å²) in [6.07, 6.45) is 10.3. The molecule has 0 spiro atoms. The number of carbonyl (C=O) groups excluding carboxylic acids is 1. The molecule has 4 heterocycles. The van der Waals surface area contributed by atoms with E-state index in [9.17, 15) is 4.79 Å². The van der Waals surface area contributed by atoms with E-state index in [0.29, 0.717) is 30.8 Å². The number of hydrogen-bond acceptors (Lipinski definition) is 5. The van der Waals surface area contributed by atoms with E-state index in [1.807, 2.05) is 34.0 Å². The molecule has 2 aromatic rings. The van der Waals surface area contributed by atoms with Gasteiger partial charge in [0.1, 0.15) is 5.69 Å². The van der Waals surface area contributed by atoms with E-state index < -0.39 is 0 Å². The van der Waals surface area contributed by atoms with Gasteiger partial charge in [-0.05, 0) is 62.7 Å². The normalized spacial score (nSPS) is 21.9. The molecule has 4 rings (SSSR count). The third kappa shape index (κ3) is 5.04. The number of ether oxygens (including phenoxy) is 1. The van der Waals surface area contributed by atoms with Crippen LogP contribution in [0.3, 0.4) is 0 Å². The summed E-state index contributed by atoms with van der Waals surface area (Å²) in [7, 11) is 1.71. The van der Waals surface area contributed by atoms with Gasteiger partial charge in [0.15, 0.2) is 5.13 Å². The number of aromatic nitrogens is 2. The first-order valence-corrected chi connectivity index (χ1v) is 12.6. The van der Waals surface area contributed by atoms with Crippen LogP contribution in [0, 0.1) is 5.92 Å². The first kappa shape index (κ1) is 22.5. The molecule has 0 aromatic carbocycles. The number of fused-ring (bicyclic) bond motifs is 1. The molecule has 2 saturated heterocycles. The Morgan fingerprint density at radius 3 is 2.74 bits per heavy atom. The van der Waals surface area contributed by atoms with E-state index in [1.165, 1.54) is 45.2 Å². The predicted molar refractivity (Wildman–Crippen MR) is 125 cm³/mol. The number of hydrogen-bond donors (Lipinski definition) is 0. The second-order valence-corrected chi connectivity index (χ2v) is 10.2. The largest absolute Gasteiger partial charge is 0.383 e. The van der Waals surface area contributed by atoms with E-state index in [1.54, 1.807) is 18.4 Å². The van der Waals surface area contributed by atoms with E-state index >= 15 is 0 Å². The molecule has 6 nitrogen and oxygen atoms in total. The minimum atomic E-state index is 0.0586. The van der Waals surface area contributed by atoms with Crippen molar-refractivity contribution in [2.24, 2.45) is 5.92 Å². The summed E-state index contributed by atoms with van der Waals surface area (Å²) >= 11 is 1.62. The number of carbonyl (C=O) groups is 1. The van der Waals surface area contributed by atoms with Crippen molar-refractivity contribution in [1.29, 1.82) is 0 Å². The molecule has 2 atom stereocenters. The number of piperidine rings is 2. The van der Waals surface area contributed by atoms with Crippen LogP contribution in [-0.2, 0) is 4.74 Å². The maximum atomic E-state index is 13.8. The van der Waals surface area contributed by atoms with E-state index in [2.05, 4.69) is 18.7 Å². The summed E-state index contributed by atoms with van der Waals surface area (Å²) in [5.41, 5.74) is 0.621. The maximum Gasteiger partial charge on any atom is 0.273 e. The standard InChI is InChI=1S/C24H36N4O2S/c1-18(2)22-21(25-24(31-22)27-12-6-7-13-27)23(29)28(15-16-30-3)17-19-9-8-14-26-11-5-4-10-20(19)26/h6-7,12-13,18-20H,4-5,8-11,14-17H2,1-3H3/t19-,20+/m0/s1.